The van der Waals surface area contributed by atoms with E-state index >= 15 is 0 Å². The topological polar surface area (TPSA) is 63.8 Å². The van der Waals surface area contributed by atoms with Crippen LogP contribution < -0.4 is 11.1 Å². The first-order chi connectivity index (χ1) is 8.65. The lowest BCUT2D eigenvalue weighted by molar-refractivity contribution is 0.338. The number of hydrogen-bond donors (Lipinski definition) is 2. The highest BCUT2D eigenvalue weighted by Gasteiger charge is 2.18. The second kappa shape index (κ2) is 6.14. The van der Waals surface area contributed by atoms with Crippen LogP contribution in [0.5, 0.6) is 0 Å². The van der Waals surface area contributed by atoms with Crippen molar-refractivity contribution in [1.29, 1.82) is 0 Å². The molecule has 1 saturated carbocycles. The summed E-state index contributed by atoms with van der Waals surface area (Å²) in [5, 5.41) is 3.43. The summed E-state index contributed by atoms with van der Waals surface area (Å²) in [5.41, 5.74) is 7.01. The van der Waals surface area contributed by atoms with Crippen molar-refractivity contribution in [3.8, 4) is 0 Å². The Morgan fingerprint density at radius 2 is 2.00 bits per heavy atom. The molecule has 4 heteroatoms. The SMILES string of the molecule is CC(C)c1cc(NCC2CCC(N)CC2)ncn1. The molecular weight excluding hydrogens is 224 g/mol. The summed E-state index contributed by atoms with van der Waals surface area (Å²) in [7, 11) is 0. The molecule has 1 aliphatic carbocycles. The Balaban J connectivity index is 1.84. The van der Waals surface area contributed by atoms with Crippen LogP contribution in [0, 0.1) is 5.92 Å². The van der Waals surface area contributed by atoms with Gasteiger partial charge >= 0.3 is 0 Å². The average molecular weight is 248 g/mol. The molecule has 1 aromatic rings. The van der Waals surface area contributed by atoms with Crippen LogP contribution >= 0.6 is 0 Å². The Labute approximate surface area is 109 Å². The van der Waals surface area contributed by atoms with E-state index < -0.39 is 0 Å². The molecular formula is C14H24N4. The van der Waals surface area contributed by atoms with Crippen molar-refractivity contribution in [3.63, 3.8) is 0 Å². The van der Waals surface area contributed by atoms with Gasteiger partial charge in [0.15, 0.2) is 0 Å². The predicted molar refractivity (Wildman–Crippen MR) is 74.5 cm³/mol. The van der Waals surface area contributed by atoms with Gasteiger partial charge in [-0.25, -0.2) is 9.97 Å². The molecule has 0 aromatic carbocycles. The number of nitrogens with zero attached hydrogens (tertiary/aromatic N) is 2. The van der Waals surface area contributed by atoms with Crippen molar-refractivity contribution in [1.82, 2.24) is 9.97 Å². The second-order valence-corrected chi connectivity index (χ2v) is 5.64. The highest BCUT2D eigenvalue weighted by Crippen LogP contribution is 2.23. The molecule has 0 atom stereocenters. The Morgan fingerprint density at radius 1 is 1.28 bits per heavy atom. The minimum atomic E-state index is 0.424. The van der Waals surface area contributed by atoms with Crippen LogP contribution in [0.25, 0.3) is 0 Å². The Morgan fingerprint density at radius 3 is 2.67 bits per heavy atom. The van der Waals surface area contributed by atoms with Gasteiger partial charge in [0, 0.05) is 24.3 Å². The lowest BCUT2D eigenvalue weighted by Gasteiger charge is -2.26. The van der Waals surface area contributed by atoms with Crippen LogP contribution in [0.1, 0.15) is 51.1 Å². The smallest absolute Gasteiger partial charge is 0.129 e. The van der Waals surface area contributed by atoms with Crippen molar-refractivity contribution >= 4 is 5.82 Å². The fraction of sp³-hybridized carbons (Fsp3) is 0.714. The predicted octanol–water partition coefficient (Wildman–Crippen LogP) is 2.53. The van der Waals surface area contributed by atoms with Gasteiger partial charge in [-0.1, -0.05) is 13.8 Å². The van der Waals surface area contributed by atoms with Gasteiger partial charge < -0.3 is 11.1 Å². The van der Waals surface area contributed by atoms with E-state index in [2.05, 4.69) is 35.2 Å². The monoisotopic (exact) mass is 248 g/mol. The fourth-order valence-corrected chi connectivity index (χ4v) is 2.43. The zero-order valence-electron chi connectivity index (χ0n) is 11.4. The number of nitrogens with one attached hydrogen (secondary N) is 1. The number of nitrogens with two attached hydrogens (primary N) is 1. The molecule has 0 amide bonds. The molecule has 4 nitrogen and oxygen atoms in total. The first-order valence-electron chi connectivity index (χ1n) is 6.96. The number of rotatable bonds is 4. The standard InChI is InChI=1S/C14H24N4/c1-10(2)13-7-14(18-9-17-13)16-8-11-3-5-12(15)6-4-11/h7,9-12H,3-6,8,15H2,1-2H3,(H,16,17,18). The third kappa shape index (κ3) is 3.67. The Bertz CT molecular complexity index is 370. The molecule has 0 saturated heterocycles. The van der Waals surface area contributed by atoms with Gasteiger partial charge in [0.1, 0.15) is 12.1 Å². The number of hydrogen-bond acceptors (Lipinski definition) is 4. The Hall–Kier alpha value is -1.16. The lowest BCUT2D eigenvalue weighted by Crippen LogP contribution is -2.29. The van der Waals surface area contributed by atoms with Crippen LogP contribution in [0.3, 0.4) is 0 Å². The van der Waals surface area contributed by atoms with Crippen molar-refractivity contribution in [2.24, 2.45) is 11.7 Å². The van der Waals surface area contributed by atoms with Crippen molar-refractivity contribution in [2.75, 3.05) is 11.9 Å². The largest absolute Gasteiger partial charge is 0.370 e. The summed E-state index contributed by atoms with van der Waals surface area (Å²) >= 11 is 0. The van der Waals surface area contributed by atoms with Crippen molar-refractivity contribution in [2.45, 2.75) is 51.5 Å². The van der Waals surface area contributed by atoms with E-state index in [0.717, 1.165) is 36.8 Å². The zero-order chi connectivity index (χ0) is 13.0. The minimum Gasteiger partial charge on any atom is -0.370 e. The first-order valence-corrected chi connectivity index (χ1v) is 6.96. The van der Waals surface area contributed by atoms with Gasteiger partial charge in [-0.2, -0.15) is 0 Å². The van der Waals surface area contributed by atoms with E-state index in [-0.39, 0.29) is 0 Å². The van der Waals surface area contributed by atoms with E-state index in [9.17, 15) is 0 Å². The molecule has 1 fully saturated rings. The van der Waals surface area contributed by atoms with E-state index in [1.54, 1.807) is 6.33 Å². The number of aromatic nitrogens is 2. The summed E-state index contributed by atoms with van der Waals surface area (Å²) in [6, 6.07) is 2.48. The second-order valence-electron chi connectivity index (χ2n) is 5.64. The maximum atomic E-state index is 5.92. The maximum absolute atomic E-state index is 5.92. The number of anilines is 1. The van der Waals surface area contributed by atoms with Crippen molar-refractivity contribution in [3.05, 3.63) is 18.1 Å². The van der Waals surface area contributed by atoms with Gasteiger partial charge in [-0.3, -0.25) is 0 Å². The fourth-order valence-electron chi connectivity index (χ4n) is 2.43. The normalized spacial score (nSPS) is 24.2. The Kier molecular flexibility index (Phi) is 4.53. The summed E-state index contributed by atoms with van der Waals surface area (Å²) in [6.07, 6.45) is 6.43. The summed E-state index contributed by atoms with van der Waals surface area (Å²) < 4.78 is 0. The van der Waals surface area contributed by atoms with Gasteiger partial charge in [-0.05, 0) is 37.5 Å². The third-order valence-electron chi connectivity index (χ3n) is 3.74. The molecule has 18 heavy (non-hydrogen) atoms. The first kappa shape index (κ1) is 13.3. The van der Waals surface area contributed by atoms with Crippen LogP contribution in [0.15, 0.2) is 12.4 Å². The maximum Gasteiger partial charge on any atom is 0.129 e. The van der Waals surface area contributed by atoms with Gasteiger partial charge in [-0.15, -0.1) is 0 Å². The van der Waals surface area contributed by atoms with E-state index in [1.807, 2.05) is 0 Å². The molecule has 2 rings (SSSR count). The van der Waals surface area contributed by atoms with Crippen molar-refractivity contribution < 1.29 is 0 Å². The molecule has 3 N–H and O–H groups in total. The molecule has 1 aliphatic rings. The van der Waals surface area contributed by atoms with E-state index in [1.165, 1.54) is 12.8 Å². The molecule has 0 aliphatic heterocycles. The zero-order valence-corrected chi connectivity index (χ0v) is 11.4. The lowest BCUT2D eigenvalue weighted by atomic mass is 9.86. The third-order valence-corrected chi connectivity index (χ3v) is 3.74. The molecule has 0 spiro atoms. The highest BCUT2D eigenvalue weighted by molar-refractivity contribution is 5.35. The van der Waals surface area contributed by atoms with E-state index in [0.29, 0.717) is 12.0 Å². The van der Waals surface area contributed by atoms with Crippen LogP contribution in [0.2, 0.25) is 0 Å². The molecule has 1 heterocycles. The average Bonchev–Trinajstić information content (AvgIpc) is 2.38. The summed E-state index contributed by atoms with van der Waals surface area (Å²) in [6.45, 7) is 5.30. The summed E-state index contributed by atoms with van der Waals surface area (Å²) in [4.78, 5) is 8.55. The van der Waals surface area contributed by atoms with Crippen LogP contribution in [-0.2, 0) is 0 Å². The summed E-state index contributed by atoms with van der Waals surface area (Å²) in [5.74, 6) is 2.13. The molecule has 1 aromatic heterocycles. The van der Waals surface area contributed by atoms with Gasteiger partial charge in [0.05, 0.1) is 0 Å². The van der Waals surface area contributed by atoms with Crippen LogP contribution in [-0.4, -0.2) is 22.6 Å². The highest BCUT2D eigenvalue weighted by atomic mass is 15.0. The van der Waals surface area contributed by atoms with E-state index in [4.69, 9.17) is 5.73 Å². The van der Waals surface area contributed by atoms with Crippen LogP contribution in [0.4, 0.5) is 5.82 Å². The quantitative estimate of drug-likeness (QED) is 0.859. The molecule has 100 valence electrons. The molecule has 0 bridgehead atoms. The molecule has 0 unspecified atom stereocenters. The minimum absolute atomic E-state index is 0.424. The molecule has 0 radical (unpaired) electrons. The van der Waals surface area contributed by atoms with Gasteiger partial charge in [0.25, 0.3) is 0 Å². The van der Waals surface area contributed by atoms with Gasteiger partial charge in [0.2, 0.25) is 0 Å².